The fourth-order valence-corrected chi connectivity index (χ4v) is 4.53. The number of aromatic nitrogens is 1. The Morgan fingerprint density at radius 2 is 1.79 bits per heavy atom. The largest absolute Gasteiger partial charge is 0.352 e. The summed E-state index contributed by atoms with van der Waals surface area (Å²) in [7, 11) is -3.36. The minimum absolute atomic E-state index is 0.0398. The van der Waals surface area contributed by atoms with Crippen LogP contribution >= 0.6 is 0 Å². The third kappa shape index (κ3) is 4.70. The normalized spacial score (nSPS) is 20.8. The highest BCUT2D eigenvalue weighted by Gasteiger charge is 2.34. The van der Waals surface area contributed by atoms with Crippen LogP contribution in [0.4, 0.5) is 0 Å². The summed E-state index contributed by atoms with van der Waals surface area (Å²) in [6, 6.07) is 9.73. The lowest BCUT2D eigenvalue weighted by molar-refractivity contribution is -0.126. The molecule has 0 atom stereocenters. The van der Waals surface area contributed by atoms with Crippen molar-refractivity contribution in [2.75, 3.05) is 0 Å². The summed E-state index contributed by atoms with van der Waals surface area (Å²) in [5.74, 6) is -0.0264. The molecule has 28 heavy (non-hydrogen) atoms. The van der Waals surface area contributed by atoms with E-state index in [0.717, 1.165) is 16.5 Å². The molecule has 6 nitrogen and oxygen atoms in total. The molecule has 0 radical (unpaired) electrons. The Kier molecular flexibility index (Phi) is 6.05. The number of pyridine rings is 1. The van der Waals surface area contributed by atoms with Crippen LogP contribution in [-0.4, -0.2) is 30.1 Å². The standard InChI is InChI=1S/C21H29N3O3S/c1-21(2,3)28(26,27)24-17-10-8-15(9-11-17)20(25)23-14-16-12-13-22-19-7-5-4-6-18(16)19/h4-7,12-13,15,17,24H,8-11,14H2,1-3H3,(H,23,25). The first-order chi connectivity index (χ1) is 13.2. The van der Waals surface area contributed by atoms with Gasteiger partial charge in [0.05, 0.1) is 10.3 Å². The first kappa shape index (κ1) is 20.7. The average Bonchev–Trinajstić information content (AvgIpc) is 2.65. The highest BCUT2D eigenvalue weighted by molar-refractivity contribution is 7.90. The van der Waals surface area contributed by atoms with E-state index < -0.39 is 14.8 Å². The number of hydrogen-bond acceptors (Lipinski definition) is 4. The second-order valence-electron chi connectivity index (χ2n) is 8.49. The molecule has 1 aliphatic rings. The van der Waals surface area contributed by atoms with Crippen molar-refractivity contribution in [1.29, 1.82) is 0 Å². The van der Waals surface area contributed by atoms with E-state index in [1.807, 2.05) is 30.3 Å². The lowest BCUT2D eigenvalue weighted by Crippen LogP contribution is -2.46. The van der Waals surface area contributed by atoms with Gasteiger partial charge in [0, 0.05) is 30.1 Å². The van der Waals surface area contributed by atoms with Gasteiger partial charge in [-0.25, -0.2) is 13.1 Å². The Bertz CT molecular complexity index is 938. The van der Waals surface area contributed by atoms with Gasteiger partial charge in [0.1, 0.15) is 0 Å². The second kappa shape index (κ2) is 8.17. The molecule has 1 saturated carbocycles. The van der Waals surface area contributed by atoms with Crippen LogP contribution in [0.25, 0.3) is 10.9 Å². The lowest BCUT2D eigenvalue weighted by atomic mass is 9.86. The molecule has 2 aromatic rings. The highest BCUT2D eigenvalue weighted by atomic mass is 32.2. The van der Waals surface area contributed by atoms with Gasteiger partial charge in [-0.05, 0) is 64.2 Å². The molecule has 1 aliphatic carbocycles. The van der Waals surface area contributed by atoms with E-state index in [9.17, 15) is 13.2 Å². The zero-order valence-corrected chi connectivity index (χ0v) is 17.6. The van der Waals surface area contributed by atoms with Gasteiger partial charge in [0.2, 0.25) is 15.9 Å². The van der Waals surface area contributed by atoms with Crippen LogP contribution in [0.5, 0.6) is 0 Å². The molecule has 0 aliphatic heterocycles. The zero-order chi connectivity index (χ0) is 20.4. The van der Waals surface area contributed by atoms with Gasteiger partial charge in [-0.15, -0.1) is 0 Å². The van der Waals surface area contributed by atoms with Gasteiger partial charge >= 0.3 is 0 Å². The molecule has 0 saturated heterocycles. The number of hydrogen-bond donors (Lipinski definition) is 2. The molecular formula is C21H29N3O3S. The number of sulfonamides is 1. The van der Waals surface area contributed by atoms with Gasteiger partial charge in [-0.1, -0.05) is 18.2 Å². The lowest BCUT2D eigenvalue weighted by Gasteiger charge is -2.30. The number of nitrogens with one attached hydrogen (secondary N) is 2. The average molecular weight is 404 g/mol. The molecular weight excluding hydrogens is 374 g/mol. The van der Waals surface area contributed by atoms with E-state index in [-0.39, 0.29) is 17.9 Å². The SMILES string of the molecule is CC(C)(C)S(=O)(=O)NC1CCC(C(=O)NCc2ccnc3ccccc23)CC1. The van der Waals surface area contributed by atoms with Crippen LogP contribution in [0, 0.1) is 5.92 Å². The minimum Gasteiger partial charge on any atom is -0.352 e. The molecule has 1 aromatic heterocycles. The maximum Gasteiger partial charge on any atom is 0.223 e. The van der Waals surface area contributed by atoms with Crippen LogP contribution in [0.3, 0.4) is 0 Å². The van der Waals surface area contributed by atoms with Crippen LogP contribution in [0.15, 0.2) is 36.5 Å². The van der Waals surface area contributed by atoms with Crippen LogP contribution in [0.1, 0.15) is 52.0 Å². The summed E-state index contributed by atoms with van der Waals surface area (Å²) >= 11 is 0. The van der Waals surface area contributed by atoms with Crippen molar-refractivity contribution in [3.63, 3.8) is 0 Å². The molecule has 0 unspecified atom stereocenters. The van der Waals surface area contributed by atoms with Crippen LogP contribution < -0.4 is 10.0 Å². The first-order valence-electron chi connectivity index (χ1n) is 9.79. The predicted molar refractivity (Wildman–Crippen MR) is 111 cm³/mol. The number of para-hydroxylation sites is 1. The van der Waals surface area contributed by atoms with Crippen molar-refractivity contribution in [2.24, 2.45) is 5.92 Å². The van der Waals surface area contributed by atoms with Gasteiger partial charge in [0.25, 0.3) is 0 Å². The number of rotatable bonds is 5. The van der Waals surface area contributed by atoms with E-state index in [2.05, 4.69) is 15.0 Å². The molecule has 3 rings (SSSR count). The van der Waals surface area contributed by atoms with E-state index in [1.165, 1.54) is 0 Å². The van der Waals surface area contributed by atoms with Crippen molar-refractivity contribution in [1.82, 2.24) is 15.0 Å². The quantitative estimate of drug-likeness (QED) is 0.803. The Morgan fingerprint density at radius 3 is 2.46 bits per heavy atom. The maximum atomic E-state index is 12.6. The predicted octanol–water partition coefficient (Wildman–Crippen LogP) is 3.13. The molecule has 7 heteroatoms. The summed E-state index contributed by atoms with van der Waals surface area (Å²) in [6.45, 7) is 5.55. The highest BCUT2D eigenvalue weighted by Crippen LogP contribution is 2.26. The van der Waals surface area contributed by atoms with Crippen molar-refractivity contribution in [2.45, 2.75) is 63.8 Å². The monoisotopic (exact) mass is 403 g/mol. The Morgan fingerprint density at radius 1 is 1.11 bits per heavy atom. The van der Waals surface area contributed by atoms with Crippen molar-refractivity contribution >= 4 is 26.8 Å². The van der Waals surface area contributed by atoms with E-state index in [4.69, 9.17) is 0 Å². The van der Waals surface area contributed by atoms with Gasteiger partial charge in [0.15, 0.2) is 0 Å². The van der Waals surface area contributed by atoms with Crippen molar-refractivity contribution in [3.05, 3.63) is 42.1 Å². The molecule has 0 spiro atoms. The number of benzene rings is 1. The third-order valence-electron chi connectivity index (χ3n) is 5.42. The molecule has 1 aromatic carbocycles. The molecule has 1 fully saturated rings. The molecule has 1 amide bonds. The number of fused-ring (bicyclic) bond motifs is 1. The van der Waals surface area contributed by atoms with Crippen molar-refractivity contribution < 1.29 is 13.2 Å². The summed E-state index contributed by atoms with van der Waals surface area (Å²) in [5, 5.41) is 4.09. The summed E-state index contributed by atoms with van der Waals surface area (Å²) < 4.78 is 26.6. The van der Waals surface area contributed by atoms with Gasteiger partial charge in [-0.3, -0.25) is 9.78 Å². The Labute approximate surface area is 167 Å². The van der Waals surface area contributed by atoms with Crippen LogP contribution in [0.2, 0.25) is 0 Å². The number of amides is 1. The molecule has 152 valence electrons. The fraction of sp³-hybridized carbons (Fsp3) is 0.524. The summed E-state index contributed by atoms with van der Waals surface area (Å²) in [5.41, 5.74) is 1.96. The maximum absolute atomic E-state index is 12.6. The van der Waals surface area contributed by atoms with Gasteiger partial charge in [-0.2, -0.15) is 0 Å². The topological polar surface area (TPSA) is 88.2 Å². The van der Waals surface area contributed by atoms with Gasteiger partial charge < -0.3 is 5.32 Å². The number of carbonyl (C=O) groups is 1. The molecule has 1 heterocycles. The molecule has 2 N–H and O–H groups in total. The number of carbonyl (C=O) groups excluding carboxylic acids is 1. The minimum atomic E-state index is -3.36. The second-order valence-corrected chi connectivity index (χ2v) is 11.0. The zero-order valence-electron chi connectivity index (χ0n) is 16.7. The first-order valence-corrected chi connectivity index (χ1v) is 11.3. The van der Waals surface area contributed by atoms with E-state index >= 15 is 0 Å². The van der Waals surface area contributed by atoms with E-state index in [0.29, 0.717) is 32.2 Å². The Balaban J connectivity index is 1.53. The molecule has 0 bridgehead atoms. The third-order valence-corrected chi connectivity index (χ3v) is 7.67. The summed E-state index contributed by atoms with van der Waals surface area (Å²) in [6.07, 6.45) is 4.52. The summed E-state index contributed by atoms with van der Waals surface area (Å²) in [4.78, 5) is 16.9. The Hall–Kier alpha value is -1.99. The fourth-order valence-electron chi connectivity index (χ4n) is 3.51. The number of nitrogens with zero attached hydrogens (tertiary/aromatic N) is 1. The van der Waals surface area contributed by atoms with Crippen LogP contribution in [-0.2, 0) is 21.4 Å². The van der Waals surface area contributed by atoms with Crippen molar-refractivity contribution in [3.8, 4) is 0 Å². The smallest absolute Gasteiger partial charge is 0.223 e. The van der Waals surface area contributed by atoms with E-state index in [1.54, 1.807) is 27.0 Å².